The molecule has 0 fully saturated rings. The first-order chi connectivity index (χ1) is 14.9. The zero-order chi connectivity index (χ0) is 22.2. The molecule has 6 N–H and O–H groups in total. The number of anilines is 2. The maximum atomic E-state index is 11.5. The molecule has 0 radical (unpaired) electrons. The molecule has 0 aliphatic carbocycles. The lowest BCUT2D eigenvalue weighted by atomic mass is 10.0. The van der Waals surface area contributed by atoms with Crippen molar-refractivity contribution in [1.29, 1.82) is 0 Å². The van der Waals surface area contributed by atoms with Crippen LogP contribution in [0.2, 0.25) is 0 Å². The molecule has 0 bridgehead atoms. The van der Waals surface area contributed by atoms with Crippen LogP contribution >= 0.6 is 0 Å². The lowest BCUT2D eigenvalue weighted by molar-refractivity contribution is -0.111. The number of nitrogens with one attached hydrogen (secondary N) is 2. The van der Waals surface area contributed by atoms with Crippen molar-refractivity contribution in [1.82, 2.24) is 4.98 Å². The van der Waals surface area contributed by atoms with E-state index in [-0.39, 0.29) is 0 Å². The number of nitrogens with zero attached hydrogens (tertiary/aromatic N) is 1. The van der Waals surface area contributed by atoms with E-state index < -0.39 is 12.1 Å². The number of benzene rings is 2. The average Bonchev–Trinajstić information content (AvgIpc) is 2.73. The minimum atomic E-state index is -0.500. The van der Waals surface area contributed by atoms with Crippen LogP contribution in [0.5, 0.6) is 0 Å². The highest BCUT2D eigenvalue weighted by atomic mass is 16.1. The van der Waals surface area contributed by atoms with Gasteiger partial charge in [-0.3, -0.25) is 4.79 Å². The Morgan fingerprint density at radius 1 is 1.13 bits per heavy atom. The molecule has 0 saturated carbocycles. The Morgan fingerprint density at radius 3 is 2.61 bits per heavy atom. The third-order valence-electron chi connectivity index (χ3n) is 4.44. The normalized spacial score (nSPS) is 12.0. The molecule has 1 amide bonds. The van der Waals surface area contributed by atoms with Gasteiger partial charge in [-0.25, -0.2) is 4.98 Å². The maximum absolute atomic E-state index is 11.5. The molecule has 0 aliphatic heterocycles. The fourth-order valence-electron chi connectivity index (χ4n) is 3.16. The van der Waals surface area contributed by atoms with Crippen LogP contribution in [0.25, 0.3) is 11.3 Å². The topological polar surface area (TPSA) is 106 Å². The Kier molecular flexibility index (Phi) is 7.05. The molecule has 31 heavy (non-hydrogen) atoms. The molecule has 2 aromatic carbocycles. The van der Waals surface area contributed by atoms with Crippen molar-refractivity contribution in [3.05, 3.63) is 89.6 Å². The van der Waals surface area contributed by atoms with E-state index in [2.05, 4.69) is 28.7 Å². The van der Waals surface area contributed by atoms with Gasteiger partial charge in [-0.15, -0.1) is 6.42 Å². The van der Waals surface area contributed by atoms with Crippen molar-refractivity contribution in [2.45, 2.75) is 19.5 Å². The van der Waals surface area contributed by atoms with Gasteiger partial charge in [-0.05, 0) is 60.7 Å². The number of amides is 1. The van der Waals surface area contributed by atoms with Crippen LogP contribution in [0.4, 0.5) is 11.5 Å². The van der Waals surface area contributed by atoms with Gasteiger partial charge >= 0.3 is 0 Å². The summed E-state index contributed by atoms with van der Waals surface area (Å²) in [5.41, 5.74) is 16.9. The van der Waals surface area contributed by atoms with E-state index in [1.807, 2.05) is 48.5 Å². The molecular formula is C25H25N5O. The van der Waals surface area contributed by atoms with Crippen molar-refractivity contribution < 1.29 is 4.79 Å². The van der Waals surface area contributed by atoms with Gasteiger partial charge in [-0.1, -0.05) is 42.5 Å². The number of nitrogens with two attached hydrogens (primary N) is 2. The average molecular weight is 412 g/mol. The second-order valence-corrected chi connectivity index (χ2v) is 7.17. The number of hydrogen-bond acceptors (Lipinski definition) is 5. The Labute approximate surface area is 182 Å². The van der Waals surface area contributed by atoms with E-state index in [0.29, 0.717) is 17.2 Å². The number of carbonyl (C=O) groups excluding carboxylic acids is 1. The van der Waals surface area contributed by atoms with Gasteiger partial charge in [0.05, 0.1) is 11.9 Å². The highest BCUT2D eigenvalue weighted by Gasteiger charge is 2.09. The van der Waals surface area contributed by atoms with Gasteiger partial charge in [0.2, 0.25) is 0 Å². The van der Waals surface area contributed by atoms with E-state index in [9.17, 15) is 4.79 Å². The molecule has 0 spiro atoms. The maximum Gasteiger partial charge on any atom is 0.300 e. The predicted molar refractivity (Wildman–Crippen MR) is 126 cm³/mol. The number of hydrogen-bond donors (Lipinski definition) is 4. The molecule has 6 heteroatoms. The van der Waals surface area contributed by atoms with Crippen molar-refractivity contribution in [3.8, 4) is 23.6 Å². The molecule has 6 nitrogen and oxygen atoms in total. The number of pyridine rings is 1. The number of terminal acetylenes is 1. The minimum absolute atomic E-state index is 0.474. The van der Waals surface area contributed by atoms with Crippen LogP contribution in [0.1, 0.15) is 18.1 Å². The monoisotopic (exact) mass is 411 g/mol. The quantitative estimate of drug-likeness (QED) is 0.352. The van der Waals surface area contributed by atoms with Gasteiger partial charge in [0.15, 0.2) is 0 Å². The van der Waals surface area contributed by atoms with Gasteiger partial charge in [0.1, 0.15) is 5.82 Å². The second-order valence-electron chi connectivity index (χ2n) is 7.17. The number of carbonyl (C=O) groups is 1. The zero-order valence-electron chi connectivity index (χ0n) is 17.3. The minimum Gasteiger partial charge on any atom is -0.402 e. The predicted octanol–water partition coefficient (Wildman–Crippen LogP) is 3.47. The van der Waals surface area contributed by atoms with Gasteiger partial charge in [0, 0.05) is 16.9 Å². The number of rotatable bonds is 7. The highest BCUT2D eigenvalue weighted by Crippen LogP contribution is 2.25. The summed E-state index contributed by atoms with van der Waals surface area (Å²) in [5, 5.41) is 5.84. The molecule has 3 aromatic rings. The van der Waals surface area contributed by atoms with Crippen LogP contribution in [-0.4, -0.2) is 17.1 Å². The lowest BCUT2D eigenvalue weighted by Crippen LogP contribution is -2.28. The van der Waals surface area contributed by atoms with E-state index in [1.165, 1.54) is 5.56 Å². The molecule has 1 unspecified atom stereocenters. The first-order valence-electron chi connectivity index (χ1n) is 9.82. The van der Waals surface area contributed by atoms with Crippen molar-refractivity contribution in [2.75, 3.05) is 10.6 Å². The highest BCUT2D eigenvalue weighted by molar-refractivity contribution is 6.03. The second kappa shape index (κ2) is 10.1. The summed E-state index contributed by atoms with van der Waals surface area (Å²) >= 11 is 0. The summed E-state index contributed by atoms with van der Waals surface area (Å²) in [6.45, 7) is 1.78. The van der Waals surface area contributed by atoms with Crippen LogP contribution in [-0.2, 0) is 11.2 Å². The summed E-state index contributed by atoms with van der Waals surface area (Å²) < 4.78 is 0. The van der Waals surface area contributed by atoms with Crippen LogP contribution in [0.3, 0.4) is 0 Å². The van der Waals surface area contributed by atoms with Gasteiger partial charge in [-0.2, -0.15) is 0 Å². The summed E-state index contributed by atoms with van der Waals surface area (Å²) in [6, 6.07) is 21.5. The molecular weight excluding hydrogens is 386 g/mol. The SMILES string of the molecule is C#CC(=O)Nc1cccc(-c2cc(Cc3ccccc3)cc(NC(N)/C=C(/C)N)n2)c1. The lowest BCUT2D eigenvalue weighted by Gasteiger charge is -2.15. The van der Waals surface area contributed by atoms with Crippen molar-refractivity contribution in [2.24, 2.45) is 11.5 Å². The molecule has 0 aliphatic rings. The van der Waals surface area contributed by atoms with Crippen LogP contribution in [0, 0.1) is 12.3 Å². The standard InChI is InChI=1S/C25H25N5O/c1-3-25(31)28-21-11-7-10-20(16-21)22-14-19(13-18-8-5-4-6-9-18)15-24(29-22)30-23(27)12-17(2)26/h1,4-12,14-16,23H,13,26-27H2,2H3,(H,28,31)(H,29,30)/b17-12-. The third-order valence-corrected chi connectivity index (χ3v) is 4.44. The molecule has 3 rings (SSSR count). The summed E-state index contributed by atoms with van der Waals surface area (Å²) in [5.74, 6) is 2.18. The fraction of sp³-hybridized carbons (Fsp3) is 0.120. The number of allylic oxidation sites excluding steroid dienone is 1. The van der Waals surface area contributed by atoms with Crippen molar-refractivity contribution in [3.63, 3.8) is 0 Å². The summed E-state index contributed by atoms with van der Waals surface area (Å²) in [7, 11) is 0. The zero-order valence-corrected chi connectivity index (χ0v) is 17.3. The van der Waals surface area contributed by atoms with E-state index in [4.69, 9.17) is 22.9 Å². The fourth-order valence-corrected chi connectivity index (χ4v) is 3.16. The van der Waals surface area contributed by atoms with Gasteiger partial charge in [0.25, 0.3) is 5.91 Å². The Hall–Kier alpha value is -4.08. The first kappa shape index (κ1) is 21.6. The molecule has 156 valence electrons. The largest absolute Gasteiger partial charge is 0.402 e. The molecule has 0 saturated heterocycles. The smallest absolute Gasteiger partial charge is 0.300 e. The first-order valence-corrected chi connectivity index (χ1v) is 9.82. The van der Waals surface area contributed by atoms with E-state index in [0.717, 1.165) is 23.2 Å². The van der Waals surface area contributed by atoms with Crippen LogP contribution in [0.15, 0.2) is 78.5 Å². The summed E-state index contributed by atoms with van der Waals surface area (Å²) in [4.78, 5) is 16.3. The third kappa shape index (κ3) is 6.46. The van der Waals surface area contributed by atoms with E-state index in [1.54, 1.807) is 19.1 Å². The van der Waals surface area contributed by atoms with Gasteiger partial charge < -0.3 is 22.1 Å². The summed E-state index contributed by atoms with van der Waals surface area (Å²) in [6.07, 6.45) is 7.14. The Bertz CT molecular complexity index is 1130. The molecule has 1 heterocycles. The Morgan fingerprint density at radius 2 is 1.90 bits per heavy atom. The molecule has 1 aromatic heterocycles. The van der Waals surface area contributed by atoms with E-state index >= 15 is 0 Å². The van der Waals surface area contributed by atoms with Crippen LogP contribution < -0.4 is 22.1 Å². The number of aromatic nitrogens is 1. The molecule has 1 atom stereocenters. The van der Waals surface area contributed by atoms with Crippen molar-refractivity contribution >= 4 is 17.4 Å². The Balaban J connectivity index is 1.98.